The van der Waals surface area contributed by atoms with Gasteiger partial charge in [0.15, 0.2) is 0 Å². The lowest BCUT2D eigenvalue weighted by atomic mass is 9.62. The second kappa shape index (κ2) is 6.43. The van der Waals surface area contributed by atoms with Crippen LogP contribution >= 0.6 is 0 Å². The minimum absolute atomic E-state index is 0.0101. The molecule has 2 aliphatic carbocycles. The highest BCUT2D eigenvalue weighted by molar-refractivity contribution is 5.88. The van der Waals surface area contributed by atoms with E-state index in [4.69, 9.17) is 15.9 Å². The zero-order chi connectivity index (χ0) is 19.2. The first-order valence-electron chi connectivity index (χ1n) is 9.55. The number of esters is 1. The summed E-state index contributed by atoms with van der Waals surface area (Å²) in [5.74, 6) is 0.459. The monoisotopic (exact) mass is 354 g/mol. The summed E-state index contributed by atoms with van der Waals surface area (Å²) in [6.45, 7) is 9.29. The van der Waals surface area contributed by atoms with Gasteiger partial charge in [-0.1, -0.05) is 45.9 Å². The Morgan fingerprint density at radius 1 is 1.12 bits per heavy atom. The number of hydrogen-bond donors (Lipinski definition) is 0. The van der Waals surface area contributed by atoms with Gasteiger partial charge in [0.05, 0.1) is 0 Å². The van der Waals surface area contributed by atoms with Crippen molar-refractivity contribution in [3.05, 3.63) is 34.9 Å². The van der Waals surface area contributed by atoms with Gasteiger partial charge in [-0.2, -0.15) is 0 Å². The molecule has 26 heavy (non-hydrogen) atoms. The third-order valence-electron chi connectivity index (χ3n) is 6.56. The van der Waals surface area contributed by atoms with E-state index < -0.39 is 11.8 Å². The summed E-state index contributed by atoms with van der Waals surface area (Å²) >= 11 is 0. The number of benzene rings is 1. The van der Waals surface area contributed by atoms with E-state index in [1.165, 1.54) is 29.5 Å². The smallest absolute Gasteiger partial charge is 0.386 e. The van der Waals surface area contributed by atoms with E-state index >= 15 is 0 Å². The fourth-order valence-electron chi connectivity index (χ4n) is 4.78. The Balaban J connectivity index is 2.05. The molecule has 0 saturated heterocycles. The first kappa shape index (κ1) is 19.0. The van der Waals surface area contributed by atoms with Gasteiger partial charge >= 0.3 is 5.97 Å². The molecular weight excluding hydrogens is 324 g/mol. The molecule has 3 rings (SSSR count). The maximum Gasteiger partial charge on any atom is 0.386 e. The normalized spacial score (nSPS) is 28.8. The number of fused-ring (bicyclic) bond motifs is 1. The third-order valence-corrected chi connectivity index (χ3v) is 6.56. The van der Waals surface area contributed by atoms with Crippen LogP contribution in [-0.4, -0.2) is 18.9 Å². The van der Waals surface area contributed by atoms with Crippen molar-refractivity contribution in [2.75, 3.05) is 7.11 Å². The molecule has 0 aromatic heterocycles. The van der Waals surface area contributed by atoms with Gasteiger partial charge < -0.3 is 9.47 Å². The van der Waals surface area contributed by atoms with Gasteiger partial charge in [0.2, 0.25) is 5.79 Å². The summed E-state index contributed by atoms with van der Waals surface area (Å²) in [6, 6.07) is 6.78. The van der Waals surface area contributed by atoms with Gasteiger partial charge in [0.1, 0.15) is 0 Å². The molecule has 1 aromatic carbocycles. The van der Waals surface area contributed by atoms with Crippen molar-refractivity contribution in [3.8, 4) is 12.3 Å². The Labute approximate surface area is 157 Å². The molecule has 2 atom stereocenters. The van der Waals surface area contributed by atoms with Crippen molar-refractivity contribution in [2.24, 2.45) is 0 Å². The molecule has 3 nitrogen and oxygen atoms in total. The minimum atomic E-state index is -0.952. The van der Waals surface area contributed by atoms with Gasteiger partial charge in [-0.3, -0.25) is 0 Å². The second-order valence-corrected chi connectivity index (χ2v) is 9.07. The van der Waals surface area contributed by atoms with Gasteiger partial charge in [-0.25, -0.2) is 4.79 Å². The largest absolute Gasteiger partial charge is 0.423 e. The molecule has 1 saturated carbocycles. The topological polar surface area (TPSA) is 35.5 Å². The van der Waals surface area contributed by atoms with Gasteiger partial charge in [-0.05, 0) is 53.2 Å². The zero-order valence-corrected chi connectivity index (χ0v) is 16.6. The van der Waals surface area contributed by atoms with Crippen molar-refractivity contribution in [1.29, 1.82) is 0 Å². The minimum Gasteiger partial charge on any atom is -0.423 e. The summed E-state index contributed by atoms with van der Waals surface area (Å²) < 4.78 is 11.3. The number of methoxy groups -OCH3 is 1. The third kappa shape index (κ3) is 3.05. The quantitative estimate of drug-likeness (QED) is 0.338. The zero-order valence-electron chi connectivity index (χ0n) is 16.6. The van der Waals surface area contributed by atoms with Crippen molar-refractivity contribution < 1.29 is 14.3 Å². The summed E-state index contributed by atoms with van der Waals surface area (Å²) in [5, 5.41) is 0. The van der Waals surface area contributed by atoms with E-state index in [0.29, 0.717) is 6.42 Å². The summed E-state index contributed by atoms with van der Waals surface area (Å²) in [7, 11) is 1.60. The van der Waals surface area contributed by atoms with Crippen molar-refractivity contribution >= 4 is 5.97 Å². The van der Waals surface area contributed by atoms with Crippen molar-refractivity contribution in [1.82, 2.24) is 0 Å². The van der Waals surface area contributed by atoms with E-state index in [-0.39, 0.29) is 16.7 Å². The molecule has 140 valence electrons. The predicted octanol–water partition coefficient (Wildman–Crippen LogP) is 4.82. The number of carbonyl (C=O) groups excluding carboxylic acids is 1. The predicted molar refractivity (Wildman–Crippen MR) is 103 cm³/mol. The summed E-state index contributed by atoms with van der Waals surface area (Å²) in [4.78, 5) is 11.8. The molecule has 0 N–H and O–H groups in total. The molecular formula is C23H30O3. The second-order valence-electron chi connectivity index (χ2n) is 9.07. The number of carbonyl (C=O) groups is 1. The first-order chi connectivity index (χ1) is 12.1. The van der Waals surface area contributed by atoms with E-state index in [1.54, 1.807) is 7.11 Å². The molecule has 0 bridgehead atoms. The van der Waals surface area contributed by atoms with Crippen molar-refractivity contribution in [2.45, 2.75) is 82.3 Å². The molecule has 0 spiro atoms. The van der Waals surface area contributed by atoms with Crippen LogP contribution in [0.4, 0.5) is 0 Å². The lowest BCUT2D eigenvalue weighted by Crippen LogP contribution is -2.40. The van der Waals surface area contributed by atoms with Crippen LogP contribution in [0.15, 0.2) is 18.2 Å². The molecule has 1 aromatic rings. The van der Waals surface area contributed by atoms with E-state index in [2.05, 4.69) is 51.8 Å². The SMILES string of the molecule is C#CC(=O)OC1(OC)CCCC1c1ccc2c(c1)C(C)(C)CCC2(C)C. The number of rotatable bonds is 3. The van der Waals surface area contributed by atoms with Crippen LogP contribution in [0.3, 0.4) is 0 Å². The fourth-order valence-corrected chi connectivity index (χ4v) is 4.78. The Hall–Kier alpha value is -1.79. The molecule has 2 unspecified atom stereocenters. The number of ether oxygens (including phenoxy) is 2. The van der Waals surface area contributed by atoms with E-state index in [1.807, 2.05) is 0 Å². The lowest BCUT2D eigenvalue weighted by Gasteiger charge is -2.42. The van der Waals surface area contributed by atoms with Crippen LogP contribution in [0.1, 0.15) is 82.4 Å². The van der Waals surface area contributed by atoms with E-state index in [0.717, 1.165) is 12.8 Å². The number of terminal acetylenes is 1. The molecule has 2 aliphatic rings. The molecule has 0 heterocycles. The lowest BCUT2D eigenvalue weighted by molar-refractivity contribution is -0.220. The summed E-state index contributed by atoms with van der Waals surface area (Å²) in [6.07, 6.45) is 10.1. The van der Waals surface area contributed by atoms with Gasteiger partial charge in [-0.15, -0.1) is 6.42 Å². The number of hydrogen-bond acceptors (Lipinski definition) is 3. The first-order valence-corrected chi connectivity index (χ1v) is 9.55. The summed E-state index contributed by atoms with van der Waals surface area (Å²) in [5.41, 5.74) is 4.35. The Bertz CT molecular complexity index is 753. The van der Waals surface area contributed by atoms with Crippen molar-refractivity contribution in [3.63, 3.8) is 0 Å². The van der Waals surface area contributed by atoms with Gasteiger partial charge in [0.25, 0.3) is 0 Å². The van der Waals surface area contributed by atoms with Crippen LogP contribution < -0.4 is 0 Å². The molecule has 0 amide bonds. The fraction of sp³-hybridized carbons (Fsp3) is 0.609. The Kier molecular flexibility index (Phi) is 4.69. The molecule has 0 radical (unpaired) electrons. The maximum absolute atomic E-state index is 11.8. The highest BCUT2D eigenvalue weighted by Gasteiger charge is 2.48. The van der Waals surface area contributed by atoms with Crippen LogP contribution in [0.2, 0.25) is 0 Å². The molecule has 3 heteroatoms. The van der Waals surface area contributed by atoms with Crippen LogP contribution in [0.5, 0.6) is 0 Å². The van der Waals surface area contributed by atoms with Gasteiger partial charge in [0, 0.05) is 25.4 Å². The average molecular weight is 354 g/mol. The standard InChI is InChI=1S/C23H30O3/c1-7-20(24)26-23(25-6)12-8-9-17(23)16-10-11-18-19(15-16)22(4,5)14-13-21(18,2)3/h1,10-11,15,17H,8-9,12-14H2,2-6H3. The Morgan fingerprint density at radius 2 is 1.77 bits per heavy atom. The highest BCUT2D eigenvalue weighted by Crippen LogP contribution is 2.50. The molecule has 1 fully saturated rings. The Morgan fingerprint density at radius 3 is 2.38 bits per heavy atom. The maximum atomic E-state index is 11.8. The van der Waals surface area contributed by atoms with E-state index in [9.17, 15) is 4.79 Å². The van der Waals surface area contributed by atoms with Crippen LogP contribution in [0.25, 0.3) is 0 Å². The highest BCUT2D eigenvalue weighted by atomic mass is 16.7. The van der Waals surface area contributed by atoms with Crippen LogP contribution in [0, 0.1) is 12.3 Å². The molecule has 0 aliphatic heterocycles. The van der Waals surface area contributed by atoms with Crippen LogP contribution in [-0.2, 0) is 25.1 Å². The average Bonchev–Trinajstić information content (AvgIpc) is 3.02.